The summed E-state index contributed by atoms with van der Waals surface area (Å²) >= 11 is 0. The van der Waals surface area contributed by atoms with E-state index in [9.17, 15) is 4.79 Å². The maximum Gasteiger partial charge on any atom is 0.294 e. The maximum absolute atomic E-state index is 12.1. The molecular weight excluding hydrogens is 280 g/mol. The number of carbonyl (C=O) groups is 1. The Kier molecular flexibility index (Phi) is 3.85. The van der Waals surface area contributed by atoms with Crippen molar-refractivity contribution in [1.29, 1.82) is 0 Å². The van der Waals surface area contributed by atoms with E-state index in [4.69, 9.17) is 4.52 Å². The first-order valence-corrected chi connectivity index (χ1v) is 7.30. The minimum atomic E-state index is -0.283. The molecule has 1 aromatic heterocycles. The lowest BCUT2D eigenvalue weighted by Crippen LogP contribution is -2.26. The predicted molar refractivity (Wildman–Crippen MR) is 85.2 cm³/mol. The quantitative estimate of drug-likeness (QED) is 0.920. The van der Waals surface area contributed by atoms with Crippen molar-refractivity contribution in [3.63, 3.8) is 0 Å². The minimum absolute atomic E-state index is 0.223. The van der Waals surface area contributed by atoms with Crippen LogP contribution >= 0.6 is 0 Å². The number of aryl methyl sites for hydroxylation is 1. The average Bonchev–Trinajstić information content (AvgIpc) is 2.87. The number of hydrogen-bond acceptors (Lipinski definition) is 5. The van der Waals surface area contributed by atoms with Crippen LogP contribution in [-0.4, -0.2) is 43.1 Å². The maximum atomic E-state index is 12.1. The minimum Gasteiger partial charge on any atom is -0.373 e. The molecular formula is C16H20N4O2. The Morgan fingerprint density at radius 3 is 2.82 bits per heavy atom. The summed E-state index contributed by atoms with van der Waals surface area (Å²) in [5, 5.41) is 6.59. The molecule has 3 rings (SSSR count). The summed E-state index contributed by atoms with van der Waals surface area (Å²) in [6.45, 7) is 4.68. The van der Waals surface area contributed by atoms with E-state index in [0.29, 0.717) is 5.69 Å². The molecule has 6 nitrogen and oxygen atoms in total. The van der Waals surface area contributed by atoms with Gasteiger partial charge in [-0.25, -0.2) is 0 Å². The Labute approximate surface area is 129 Å². The highest BCUT2D eigenvalue weighted by atomic mass is 16.5. The van der Waals surface area contributed by atoms with E-state index in [1.807, 2.05) is 12.1 Å². The molecule has 0 fully saturated rings. The van der Waals surface area contributed by atoms with Crippen molar-refractivity contribution in [1.82, 2.24) is 10.1 Å². The summed E-state index contributed by atoms with van der Waals surface area (Å²) in [5.74, 6) is -0.0607. The van der Waals surface area contributed by atoms with Gasteiger partial charge in [-0.3, -0.25) is 4.79 Å². The van der Waals surface area contributed by atoms with Crippen LogP contribution in [0.3, 0.4) is 0 Å². The Balaban J connectivity index is 1.82. The third-order valence-electron chi connectivity index (χ3n) is 3.86. The fraction of sp³-hybridized carbons (Fsp3) is 0.375. The van der Waals surface area contributed by atoms with Gasteiger partial charge in [0.2, 0.25) is 5.76 Å². The molecule has 0 saturated heterocycles. The molecule has 22 heavy (non-hydrogen) atoms. The van der Waals surface area contributed by atoms with Gasteiger partial charge in [0.15, 0.2) is 0 Å². The number of hydrogen-bond donors (Lipinski definition) is 1. The molecule has 0 spiro atoms. The van der Waals surface area contributed by atoms with Crippen LogP contribution in [0.5, 0.6) is 0 Å². The SMILES string of the molecule is Cc1cc(C(=O)Nc2ccc3c(c2)N(C)CCN(C)C3)on1. The number of carbonyl (C=O) groups excluding carboxylic acids is 1. The summed E-state index contributed by atoms with van der Waals surface area (Å²) in [4.78, 5) is 16.6. The van der Waals surface area contributed by atoms with E-state index in [-0.39, 0.29) is 11.7 Å². The van der Waals surface area contributed by atoms with E-state index in [2.05, 4.69) is 40.4 Å². The normalized spacial score (nSPS) is 15.3. The molecule has 0 radical (unpaired) electrons. The molecule has 0 bridgehead atoms. The zero-order chi connectivity index (χ0) is 15.7. The van der Waals surface area contributed by atoms with Gasteiger partial charge in [-0.2, -0.15) is 0 Å². The number of benzene rings is 1. The van der Waals surface area contributed by atoms with Gasteiger partial charge in [-0.15, -0.1) is 0 Å². The summed E-state index contributed by atoms with van der Waals surface area (Å²) in [6.07, 6.45) is 0. The second kappa shape index (κ2) is 5.81. The number of nitrogens with one attached hydrogen (secondary N) is 1. The first-order valence-electron chi connectivity index (χ1n) is 7.30. The Morgan fingerprint density at radius 1 is 1.27 bits per heavy atom. The lowest BCUT2D eigenvalue weighted by molar-refractivity contribution is 0.0988. The van der Waals surface area contributed by atoms with Gasteiger partial charge in [-0.1, -0.05) is 11.2 Å². The number of likely N-dealkylation sites (N-methyl/N-ethyl adjacent to an activating group) is 2. The van der Waals surface area contributed by atoms with Crippen LogP contribution in [0.15, 0.2) is 28.8 Å². The monoisotopic (exact) mass is 300 g/mol. The number of aromatic nitrogens is 1. The lowest BCUT2D eigenvalue weighted by atomic mass is 10.1. The zero-order valence-electron chi connectivity index (χ0n) is 13.1. The van der Waals surface area contributed by atoms with E-state index in [0.717, 1.165) is 31.0 Å². The zero-order valence-corrected chi connectivity index (χ0v) is 13.1. The van der Waals surface area contributed by atoms with Gasteiger partial charge in [0.1, 0.15) is 0 Å². The van der Waals surface area contributed by atoms with E-state index >= 15 is 0 Å². The molecule has 2 heterocycles. The Bertz CT molecular complexity index is 695. The van der Waals surface area contributed by atoms with Crippen molar-refractivity contribution < 1.29 is 9.32 Å². The van der Waals surface area contributed by atoms with Gasteiger partial charge in [0.05, 0.1) is 5.69 Å². The van der Waals surface area contributed by atoms with Crippen LogP contribution < -0.4 is 10.2 Å². The number of nitrogens with zero attached hydrogens (tertiary/aromatic N) is 3. The highest BCUT2D eigenvalue weighted by molar-refractivity contribution is 6.02. The first-order chi connectivity index (χ1) is 10.5. The summed E-state index contributed by atoms with van der Waals surface area (Å²) in [5.41, 5.74) is 3.86. The lowest BCUT2D eigenvalue weighted by Gasteiger charge is -2.19. The van der Waals surface area contributed by atoms with Gasteiger partial charge >= 0.3 is 0 Å². The van der Waals surface area contributed by atoms with E-state index in [1.54, 1.807) is 13.0 Å². The summed E-state index contributed by atoms with van der Waals surface area (Å²) in [7, 11) is 4.19. The second-order valence-electron chi connectivity index (χ2n) is 5.79. The molecule has 1 N–H and O–H groups in total. The molecule has 2 aromatic rings. The standard InChI is InChI=1S/C16H20N4O2/c1-11-8-15(22-18-11)16(21)17-13-5-4-12-10-19(2)6-7-20(3)14(12)9-13/h4-5,8-9H,6-7,10H2,1-3H3,(H,17,21). The molecule has 1 aliphatic rings. The summed E-state index contributed by atoms with van der Waals surface area (Å²) < 4.78 is 4.99. The van der Waals surface area contributed by atoms with Crippen molar-refractivity contribution in [3.8, 4) is 0 Å². The molecule has 0 aliphatic carbocycles. The van der Waals surface area contributed by atoms with Crippen molar-refractivity contribution in [3.05, 3.63) is 41.3 Å². The third-order valence-corrected chi connectivity index (χ3v) is 3.86. The average molecular weight is 300 g/mol. The van der Waals surface area contributed by atoms with Crippen molar-refractivity contribution in [2.45, 2.75) is 13.5 Å². The van der Waals surface area contributed by atoms with Crippen molar-refractivity contribution in [2.24, 2.45) is 0 Å². The van der Waals surface area contributed by atoms with Gasteiger partial charge < -0.3 is 19.6 Å². The van der Waals surface area contributed by atoms with Crippen LogP contribution in [0, 0.1) is 6.92 Å². The molecule has 0 saturated carbocycles. The van der Waals surface area contributed by atoms with E-state index < -0.39 is 0 Å². The fourth-order valence-electron chi connectivity index (χ4n) is 2.60. The first kappa shape index (κ1) is 14.6. The van der Waals surface area contributed by atoms with Crippen LogP contribution in [0.4, 0.5) is 11.4 Å². The van der Waals surface area contributed by atoms with Crippen LogP contribution in [0.1, 0.15) is 21.8 Å². The topological polar surface area (TPSA) is 61.6 Å². The smallest absolute Gasteiger partial charge is 0.294 e. The van der Waals surface area contributed by atoms with Crippen LogP contribution in [0.25, 0.3) is 0 Å². The Morgan fingerprint density at radius 2 is 2.09 bits per heavy atom. The molecule has 116 valence electrons. The highest BCUT2D eigenvalue weighted by Crippen LogP contribution is 2.27. The molecule has 1 aromatic carbocycles. The Hall–Kier alpha value is -2.34. The van der Waals surface area contributed by atoms with Crippen LogP contribution in [0.2, 0.25) is 0 Å². The molecule has 0 atom stereocenters. The summed E-state index contributed by atoms with van der Waals surface area (Å²) in [6, 6.07) is 7.62. The molecule has 1 amide bonds. The second-order valence-corrected chi connectivity index (χ2v) is 5.79. The van der Waals surface area contributed by atoms with Crippen molar-refractivity contribution >= 4 is 17.3 Å². The molecule has 1 aliphatic heterocycles. The molecule has 0 unspecified atom stereocenters. The fourth-order valence-corrected chi connectivity index (χ4v) is 2.60. The number of anilines is 2. The number of amides is 1. The van der Waals surface area contributed by atoms with Crippen molar-refractivity contribution in [2.75, 3.05) is 37.4 Å². The van der Waals surface area contributed by atoms with Crippen LogP contribution in [-0.2, 0) is 6.54 Å². The largest absolute Gasteiger partial charge is 0.373 e. The number of fused-ring (bicyclic) bond motifs is 1. The number of rotatable bonds is 2. The van der Waals surface area contributed by atoms with Gasteiger partial charge in [0, 0.05) is 44.1 Å². The molecule has 6 heteroatoms. The highest BCUT2D eigenvalue weighted by Gasteiger charge is 2.17. The van der Waals surface area contributed by atoms with Gasteiger partial charge in [-0.05, 0) is 31.7 Å². The van der Waals surface area contributed by atoms with E-state index in [1.165, 1.54) is 5.56 Å². The van der Waals surface area contributed by atoms with Gasteiger partial charge in [0.25, 0.3) is 5.91 Å². The predicted octanol–water partition coefficient (Wildman–Crippen LogP) is 2.12. The third kappa shape index (κ3) is 2.96.